The molecule has 2 N–H and O–H groups in total. The number of rotatable bonds is 5. The van der Waals surface area contributed by atoms with Gasteiger partial charge in [0.05, 0.1) is 11.1 Å². The predicted molar refractivity (Wildman–Crippen MR) is 98.2 cm³/mol. The fraction of sp³-hybridized carbons (Fsp3) is 0.222. The SMILES string of the molecule is O=C(N[C@@H](Cc1ccccc1I)C(=O)O)c1cc(C(F)(F)F)cc(C(F)(F)F)c1. The summed E-state index contributed by atoms with van der Waals surface area (Å²) in [4.78, 5) is 23.7. The van der Waals surface area contributed by atoms with Gasteiger partial charge in [-0.25, -0.2) is 4.79 Å². The van der Waals surface area contributed by atoms with Crippen LogP contribution in [0.2, 0.25) is 0 Å². The van der Waals surface area contributed by atoms with Crippen LogP contribution in [-0.4, -0.2) is 23.0 Å². The first-order chi connectivity index (χ1) is 13.3. The van der Waals surface area contributed by atoms with E-state index in [0.29, 0.717) is 9.13 Å². The van der Waals surface area contributed by atoms with Crippen LogP contribution in [-0.2, 0) is 23.6 Å². The summed E-state index contributed by atoms with van der Waals surface area (Å²) in [6.07, 6.45) is -10.4. The quantitative estimate of drug-likeness (QED) is 0.433. The summed E-state index contributed by atoms with van der Waals surface area (Å²) in [6, 6.07) is 5.42. The van der Waals surface area contributed by atoms with Crippen molar-refractivity contribution in [3.05, 3.63) is 68.3 Å². The Morgan fingerprint density at radius 3 is 1.93 bits per heavy atom. The molecule has 11 heteroatoms. The van der Waals surface area contributed by atoms with Gasteiger partial charge in [0, 0.05) is 15.6 Å². The van der Waals surface area contributed by atoms with Gasteiger partial charge in [-0.3, -0.25) is 4.79 Å². The predicted octanol–water partition coefficient (Wildman–Crippen LogP) is 4.75. The number of hydrogen-bond donors (Lipinski definition) is 2. The van der Waals surface area contributed by atoms with E-state index in [2.05, 4.69) is 0 Å². The van der Waals surface area contributed by atoms with Crippen LogP contribution in [0.5, 0.6) is 0 Å². The number of amides is 1. The number of carbonyl (C=O) groups is 2. The summed E-state index contributed by atoms with van der Waals surface area (Å²) in [7, 11) is 0. The van der Waals surface area contributed by atoms with Gasteiger partial charge in [0.15, 0.2) is 0 Å². The van der Waals surface area contributed by atoms with Crippen molar-refractivity contribution in [3.63, 3.8) is 0 Å². The van der Waals surface area contributed by atoms with Gasteiger partial charge in [-0.15, -0.1) is 0 Å². The summed E-state index contributed by atoms with van der Waals surface area (Å²) < 4.78 is 78.3. The van der Waals surface area contributed by atoms with Gasteiger partial charge in [0.1, 0.15) is 6.04 Å². The van der Waals surface area contributed by atoms with E-state index in [4.69, 9.17) is 0 Å². The number of benzene rings is 2. The lowest BCUT2D eigenvalue weighted by molar-refractivity contribution is -0.143. The molecule has 0 aliphatic heterocycles. The second-order valence-corrected chi connectivity index (χ2v) is 7.12. The molecule has 0 aliphatic carbocycles. The van der Waals surface area contributed by atoms with Crippen LogP contribution < -0.4 is 5.32 Å². The molecule has 0 unspecified atom stereocenters. The van der Waals surface area contributed by atoms with Gasteiger partial charge in [0.2, 0.25) is 0 Å². The average molecular weight is 531 g/mol. The molecule has 2 aromatic rings. The van der Waals surface area contributed by atoms with E-state index >= 15 is 0 Å². The highest BCUT2D eigenvalue weighted by Crippen LogP contribution is 2.36. The molecule has 156 valence electrons. The number of nitrogens with one attached hydrogen (secondary N) is 1. The molecule has 0 aromatic heterocycles. The molecule has 29 heavy (non-hydrogen) atoms. The van der Waals surface area contributed by atoms with Gasteiger partial charge >= 0.3 is 18.3 Å². The number of aliphatic carboxylic acids is 1. The van der Waals surface area contributed by atoms with Gasteiger partial charge < -0.3 is 10.4 Å². The molecule has 0 saturated carbocycles. The molecule has 0 aliphatic rings. The van der Waals surface area contributed by atoms with E-state index in [-0.39, 0.29) is 24.6 Å². The van der Waals surface area contributed by atoms with E-state index in [9.17, 15) is 41.0 Å². The van der Waals surface area contributed by atoms with E-state index in [1.54, 1.807) is 24.3 Å². The van der Waals surface area contributed by atoms with Crippen molar-refractivity contribution < 1.29 is 41.0 Å². The van der Waals surface area contributed by atoms with Crippen LogP contribution in [0.25, 0.3) is 0 Å². The first kappa shape index (κ1) is 23.0. The van der Waals surface area contributed by atoms with Gasteiger partial charge in [-0.1, -0.05) is 18.2 Å². The highest BCUT2D eigenvalue weighted by Gasteiger charge is 2.37. The molecule has 4 nitrogen and oxygen atoms in total. The third kappa shape index (κ3) is 6.08. The molecule has 1 amide bonds. The Morgan fingerprint density at radius 2 is 1.48 bits per heavy atom. The second kappa shape index (κ2) is 8.59. The van der Waals surface area contributed by atoms with Crippen molar-refractivity contribution in [3.8, 4) is 0 Å². The largest absolute Gasteiger partial charge is 0.480 e. The Morgan fingerprint density at radius 1 is 0.966 bits per heavy atom. The van der Waals surface area contributed by atoms with Crippen LogP contribution in [0, 0.1) is 3.57 Å². The van der Waals surface area contributed by atoms with Crippen molar-refractivity contribution in [1.29, 1.82) is 0 Å². The van der Waals surface area contributed by atoms with Crippen LogP contribution >= 0.6 is 22.6 Å². The molecule has 0 heterocycles. The fourth-order valence-corrected chi connectivity index (χ4v) is 3.02. The molecule has 0 spiro atoms. The minimum Gasteiger partial charge on any atom is -0.480 e. The third-order valence-corrected chi connectivity index (χ3v) is 4.89. The maximum atomic E-state index is 12.9. The molecule has 0 saturated heterocycles. The van der Waals surface area contributed by atoms with Crippen LogP contribution in [0.15, 0.2) is 42.5 Å². The molecule has 0 fully saturated rings. The van der Waals surface area contributed by atoms with Gasteiger partial charge in [-0.2, -0.15) is 26.3 Å². The van der Waals surface area contributed by atoms with Crippen molar-refractivity contribution in [2.45, 2.75) is 24.8 Å². The number of carboxylic acids is 1. The minimum atomic E-state index is -5.12. The maximum Gasteiger partial charge on any atom is 0.416 e. The molecule has 0 bridgehead atoms. The van der Waals surface area contributed by atoms with Gasteiger partial charge in [-0.05, 0) is 52.4 Å². The van der Waals surface area contributed by atoms with Crippen LogP contribution in [0.1, 0.15) is 27.0 Å². The second-order valence-electron chi connectivity index (χ2n) is 5.95. The van der Waals surface area contributed by atoms with Crippen LogP contribution in [0.3, 0.4) is 0 Å². The third-order valence-electron chi connectivity index (χ3n) is 3.84. The van der Waals surface area contributed by atoms with E-state index in [0.717, 1.165) is 0 Å². The zero-order valence-electron chi connectivity index (χ0n) is 14.2. The first-order valence-electron chi connectivity index (χ1n) is 7.85. The topological polar surface area (TPSA) is 66.4 Å². The summed E-state index contributed by atoms with van der Waals surface area (Å²) >= 11 is 1.93. The molecule has 0 radical (unpaired) electrons. The maximum absolute atomic E-state index is 12.9. The lowest BCUT2D eigenvalue weighted by Crippen LogP contribution is -2.42. The monoisotopic (exact) mass is 531 g/mol. The number of carbonyl (C=O) groups excluding carboxylic acids is 1. The number of hydrogen-bond acceptors (Lipinski definition) is 2. The number of halogens is 7. The lowest BCUT2D eigenvalue weighted by atomic mass is 10.0. The average Bonchev–Trinajstić information content (AvgIpc) is 2.60. The minimum absolute atomic E-state index is 0.113. The van der Waals surface area contributed by atoms with Crippen molar-refractivity contribution in [1.82, 2.24) is 5.32 Å². The Kier molecular flexibility index (Phi) is 6.81. The standard InChI is InChI=1S/C18H12F6INO3/c19-17(20,21)11-5-10(6-12(8-11)18(22,23)24)15(27)26-14(16(28)29)7-9-3-1-2-4-13(9)25/h1-6,8,14H,7H2,(H,26,27)(H,28,29)/t14-/m0/s1. The zero-order chi connectivity index (χ0) is 22.0. The molecule has 2 rings (SSSR count). The summed E-state index contributed by atoms with van der Waals surface area (Å²) in [5.41, 5.74) is -3.73. The van der Waals surface area contributed by atoms with Crippen molar-refractivity contribution >= 4 is 34.5 Å². The fourth-order valence-electron chi connectivity index (χ4n) is 2.41. The summed E-state index contributed by atoms with van der Waals surface area (Å²) in [5, 5.41) is 11.3. The highest BCUT2D eigenvalue weighted by molar-refractivity contribution is 14.1. The zero-order valence-corrected chi connectivity index (χ0v) is 16.4. The summed E-state index contributed by atoms with van der Waals surface area (Å²) in [5.74, 6) is -2.85. The van der Waals surface area contributed by atoms with E-state index in [1.165, 1.54) is 0 Å². The van der Waals surface area contributed by atoms with Crippen molar-refractivity contribution in [2.24, 2.45) is 0 Å². The molecular formula is C18H12F6INO3. The van der Waals surface area contributed by atoms with E-state index < -0.39 is 47.0 Å². The Hall–Kier alpha value is -2.31. The molecule has 1 atom stereocenters. The molecule has 2 aromatic carbocycles. The number of carboxylic acid groups (broad SMARTS) is 1. The van der Waals surface area contributed by atoms with Crippen molar-refractivity contribution in [2.75, 3.05) is 0 Å². The molecular weight excluding hydrogens is 519 g/mol. The summed E-state index contributed by atoms with van der Waals surface area (Å²) in [6.45, 7) is 0. The van der Waals surface area contributed by atoms with E-state index in [1.807, 2.05) is 27.9 Å². The highest BCUT2D eigenvalue weighted by atomic mass is 127. The smallest absolute Gasteiger partial charge is 0.416 e. The number of alkyl halides is 6. The lowest BCUT2D eigenvalue weighted by Gasteiger charge is -2.17. The Labute approximate surface area is 174 Å². The Bertz CT molecular complexity index is 894. The van der Waals surface area contributed by atoms with Crippen LogP contribution in [0.4, 0.5) is 26.3 Å². The first-order valence-corrected chi connectivity index (χ1v) is 8.93. The Balaban J connectivity index is 2.36. The van der Waals surface area contributed by atoms with Gasteiger partial charge in [0.25, 0.3) is 5.91 Å². The normalized spacial score (nSPS) is 13.1.